The topological polar surface area (TPSA) is 41.5 Å². The number of aliphatic hydroxyl groups is 1. The molecule has 0 fully saturated rings. The van der Waals surface area contributed by atoms with E-state index in [0.717, 1.165) is 12.1 Å². The Morgan fingerprint density at radius 2 is 2.05 bits per heavy atom. The molecule has 2 unspecified atom stereocenters. The smallest absolute Gasteiger partial charge is 0.395 e. The summed E-state index contributed by atoms with van der Waals surface area (Å²) in [6.45, 7) is 1.89. The number of alkyl halides is 3. The standard InChI is InChI=1S/C13H18F3NO2/c1-9(17-12(7-18)8-19-2)10-4-3-5-11(6-10)13(14,15)16/h3-6,9,12,17-18H,7-8H2,1-2H3. The van der Waals surface area contributed by atoms with E-state index in [1.807, 2.05) is 0 Å². The van der Waals surface area contributed by atoms with Crippen LogP contribution in [0.4, 0.5) is 13.2 Å². The second-order valence-electron chi connectivity index (χ2n) is 4.35. The van der Waals surface area contributed by atoms with Crippen LogP contribution in [0.1, 0.15) is 24.1 Å². The van der Waals surface area contributed by atoms with Gasteiger partial charge >= 0.3 is 6.18 Å². The van der Waals surface area contributed by atoms with Gasteiger partial charge in [0.25, 0.3) is 0 Å². The monoisotopic (exact) mass is 277 g/mol. The third kappa shape index (κ3) is 4.81. The first-order valence-electron chi connectivity index (χ1n) is 5.91. The summed E-state index contributed by atoms with van der Waals surface area (Å²) in [5, 5.41) is 12.1. The Morgan fingerprint density at radius 3 is 2.58 bits per heavy atom. The molecule has 3 nitrogen and oxygen atoms in total. The summed E-state index contributed by atoms with van der Waals surface area (Å²) < 4.78 is 42.7. The molecule has 1 aromatic carbocycles. The van der Waals surface area contributed by atoms with Gasteiger partial charge in [-0.05, 0) is 24.6 Å². The minimum Gasteiger partial charge on any atom is -0.395 e. The van der Waals surface area contributed by atoms with Crippen LogP contribution in [0.2, 0.25) is 0 Å². The molecule has 0 saturated carbocycles. The predicted molar refractivity (Wildman–Crippen MR) is 65.7 cm³/mol. The summed E-state index contributed by atoms with van der Waals surface area (Å²) >= 11 is 0. The fourth-order valence-corrected chi connectivity index (χ4v) is 1.79. The molecule has 0 bridgehead atoms. The van der Waals surface area contributed by atoms with Gasteiger partial charge in [0.2, 0.25) is 0 Å². The lowest BCUT2D eigenvalue weighted by Crippen LogP contribution is -2.38. The summed E-state index contributed by atoms with van der Waals surface area (Å²) in [4.78, 5) is 0. The van der Waals surface area contributed by atoms with Gasteiger partial charge in [0, 0.05) is 13.2 Å². The lowest BCUT2D eigenvalue weighted by molar-refractivity contribution is -0.137. The highest BCUT2D eigenvalue weighted by Gasteiger charge is 2.30. The fourth-order valence-electron chi connectivity index (χ4n) is 1.79. The molecule has 1 aromatic rings. The van der Waals surface area contributed by atoms with Gasteiger partial charge in [-0.1, -0.05) is 12.1 Å². The van der Waals surface area contributed by atoms with E-state index in [0.29, 0.717) is 12.2 Å². The Hall–Kier alpha value is -1.11. The highest BCUT2D eigenvalue weighted by Crippen LogP contribution is 2.30. The molecule has 0 aliphatic rings. The van der Waals surface area contributed by atoms with Gasteiger partial charge in [0.15, 0.2) is 0 Å². The summed E-state index contributed by atoms with van der Waals surface area (Å²) in [5.74, 6) is 0. The zero-order chi connectivity index (χ0) is 14.5. The van der Waals surface area contributed by atoms with Crippen molar-refractivity contribution in [3.63, 3.8) is 0 Å². The number of ether oxygens (including phenoxy) is 1. The van der Waals surface area contributed by atoms with Gasteiger partial charge < -0.3 is 15.2 Å². The second kappa shape index (κ2) is 6.88. The predicted octanol–water partition coefficient (Wildman–Crippen LogP) is 2.36. The molecule has 2 atom stereocenters. The Bertz CT molecular complexity index is 396. The van der Waals surface area contributed by atoms with E-state index in [2.05, 4.69) is 5.32 Å². The van der Waals surface area contributed by atoms with E-state index >= 15 is 0 Å². The minimum atomic E-state index is -4.35. The lowest BCUT2D eigenvalue weighted by Gasteiger charge is -2.22. The van der Waals surface area contributed by atoms with Crippen LogP contribution < -0.4 is 5.32 Å². The van der Waals surface area contributed by atoms with Crippen molar-refractivity contribution < 1.29 is 23.0 Å². The van der Waals surface area contributed by atoms with Crippen LogP contribution in [-0.2, 0) is 10.9 Å². The third-order valence-electron chi connectivity index (χ3n) is 2.79. The van der Waals surface area contributed by atoms with Crippen molar-refractivity contribution in [3.05, 3.63) is 35.4 Å². The van der Waals surface area contributed by atoms with Crippen molar-refractivity contribution in [3.8, 4) is 0 Å². The number of rotatable bonds is 6. The lowest BCUT2D eigenvalue weighted by atomic mass is 10.0. The molecule has 6 heteroatoms. The average Bonchev–Trinajstić information content (AvgIpc) is 2.37. The minimum absolute atomic E-state index is 0.142. The molecule has 108 valence electrons. The Labute approximate surface area is 110 Å². The Morgan fingerprint density at radius 1 is 1.37 bits per heavy atom. The van der Waals surface area contributed by atoms with Crippen LogP contribution in [0.25, 0.3) is 0 Å². The molecule has 0 heterocycles. The number of halogens is 3. The SMILES string of the molecule is COCC(CO)NC(C)c1cccc(C(F)(F)F)c1. The molecule has 19 heavy (non-hydrogen) atoms. The second-order valence-corrected chi connectivity index (χ2v) is 4.35. The first-order chi connectivity index (χ1) is 8.88. The molecule has 2 N–H and O–H groups in total. The van der Waals surface area contributed by atoms with Crippen LogP contribution in [0.15, 0.2) is 24.3 Å². The summed E-state index contributed by atoms with van der Waals surface area (Å²) in [6, 6.07) is 4.52. The van der Waals surface area contributed by atoms with Crippen molar-refractivity contribution in [2.45, 2.75) is 25.2 Å². The molecule has 0 spiro atoms. The molecule has 1 rings (SSSR count). The number of nitrogens with one attached hydrogen (secondary N) is 1. The van der Waals surface area contributed by atoms with E-state index in [9.17, 15) is 13.2 Å². The van der Waals surface area contributed by atoms with Crippen LogP contribution in [-0.4, -0.2) is 31.5 Å². The fraction of sp³-hybridized carbons (Fsp3) is 0.538. The molecule has 0 aromatic heterocycles. The van der Waals surface area contributed by atoms with Crippen LogP contribution in [0.5, 0.6) is 0 Å². The zero-order valence-corrected chi connectivity index (χ0v) is 10.9. The van der Waals surface area contributed by atoms with Crippen molar-refractivity contribution in [2.75, 3.05) is 20.3 Å². The molecule has 0 saturated heterocycles. The van der Waals surface area contributed by atoms with Gasteiger partial charge in [-0.25, -0.2) is 0 Å². The van der Waals surface area contributed by atoms with E-state index < -0.39 is 11.7 Å². The molecular formula is C13H18F3NO2. The summed E-state index contributed by atoms with van der Waals surface area (Å²) in [6.07, 6.45) is -4.35. The first kappa shape index (κ1) is 15.9. The molecule has 0 amide bonds. The van der Waals surface area contributed by atoms with Crippen LogP contribution >= 0.6 is 0 Å². The van der Waals surface area contributed by atoms with Crippen molar-refractivity contribution in [1.82, 2.24) is 5.32 Å². The number of hydrogen-bond acceptors (Lipinski definition) is 3. The van der Waals surface area contributed by atoms with Crippen molar-refractivity contribution >= 4 is 0 Å². The molecule has 0 radical (unpaired) electrons. The van der Waals surface area contributed by atoms with Gasteiger partial charge in [0.1, 0.15) is 0 Å². The normalized spacial score (nSPS) is 15.3. The number of methoxy groups -OCH3 is 1. The van der Waals surface area contributed by atoms with Gasteiger partial charge in [-0.2, -0.15) is 13.2 Å². The van der Waals surface area contributed by atoms with Gasteiger partial charge in [-0.3, -0.25) is 0 Å². The number of benzene rings is 1. The first-order valence-corrected chi connectivity index (χ1v) is 5.91. The van der Waals surface area contributed by atoms with Gasteiger partial charge in [-0.15, -0.1) is 0 Å². The Balaban J connectivity index is 2.79. The zero-order valence-electron chi connectivity index (χ0n) is 10.9. The maximum Gasteiger partial charge on any atom is 0.416 e. The van der Waals surface area contributed by atoms with E-state index in [4.69, 9.17) is 9.84 Å². The van der Waals surface area contributed by atoms with Crippen molar-refractivity contribution in [2.24, 2.45) is 0 Å². The highest BCUT2D eigenvalue weighted by atomic mass is 19.4. The van der Waals surface area contributed by atoms with E-state index in [1.54, 1.807) is 13.0 Å². The largest absolute Gasteiger partial charge is 0.416 e. The number of hydrogen-bond donors (Lipinski definition) is 2. The van der Waals surface area contributed by atoms with Gasteiger partial charge in [0.05, 0.1) is 24.8 Å². The quantitative estimate of drug-likeness (QED) is 0.838. The highest BCUT2D eigenvalue weighted by molar-refractivity contribution is 5.27. The maximum absolute atomic E-state index is 12.6. The van der Waals surface area contributed by atoms with Crippen molar-refractivity contribution in [1.29, 1.82) is 0 Å². The third-order valence-corrected chi connectivity index (χ3v) is 2.79. The number of aliphatic hydroxyl groups excluding tert-OH is 1. The summed E-state index contributed by atoms with van der Waals surface area (Å²) in [5.41, 5.74) is -0.157. The molecular weight excluding hydrogens is 259 g/mol. The maximum atomic E-state index is 12.6. The van der Waals surface area contributed by atoms with Crippen LogP contribution in [0.3, 0.4) is 0 Å². The van der Waals surface area contributed by atoms with Crippen LogP contribution in [0, 0.1) is 0 Å². The average molecular weight is 277 g/mol. The molecule has 0 aliphatic heterocycles. The Kier molecular flexibility index (Phi) is 5.78. The molecule has 0 aliphatic carbocycles. The van der Waals surface area contributed by atoms with E-state index in [-0.39, 0.29) is 18.7 Å². The van der Waals surface area contributed by atoms with E-state index in [1.165, 1.54) is 13.2 Å². The summed E-state index contributed by atoms with van der Waals surface area (Å²) in [7, 11) is 1.50.